The summed E-state index contributed by atoms with van der Waals surface area (Å²) in [4.78, 5) is 0. The molecule has 0 saturated heterocycles. The van der Waals surface area contributed by atoms with E-state index in [1.54, 1.807) is 0 Å². The van der Waals surface area contributed by atoms with Crippen LogP contribution in [0.4, 0.5) is 8.78 Å². The van der Waals surface area contributed by atoms with Crippen LogP contribution in [0.5, 0.6) is 5.75 Å². The monoisotopic (exact) mass is 203 g/mol. The molecule has 0 aliphatic carbocycles. The van der Waals surface area contributed by atoms with Crippen molar-refractivity contribution >= 4 is 0 Å². The molecule has 0 radical (unpaired) electrons. The number of hydrogen-bond donors (Lipinski definition) is 3. The van der Waals surface area contributed by atoms with Crippen molar-refractivity contribution in [2.75, 3.05) is 6.54 Å². The minimum Gasteiger partial charge on any atom is -0.504 e. The molecule has 0 heterocycles. The van der Waals surface area contributed by atoms with E-state index in [2.05, 4.69) is 0 Å². The lowest BCUT2D eigenvalue weighted by molar-refractivity contribution is 0.165. The second-order valence-corrected chi connectivity index (χ2v) is 2.89. The van der Waals surface area contributed by atoms with Gasteiger partial charge >= 0.3 is 0 Å². The molecular weight excluding hydrogens is 192 g/mol. The third-order valence-electron chi connectivity index (χ3n) is 1.90. The van der Waals surface area contributed by atoms with Gasteiger partial charge in [-0.3, -0.25) is 0 Å². The largest absolute Gasteiger partial charge is 0.504 e. The first-order chi connectivity index (χ1) is 6.57. The summed E-state index contributed by atoms with van der Waals surface area (Å²) in [6, 6.07) is 1.98. The van der Waals surface area contributed by atoms with Crippen molar-refractivity contribution in [2.24, 2.45) is 5.73 Å². The Hall–Kier alpha value is -1.20. The summed E-state index contributed by atoms with van der Waals surface area (Å²) < 4.78 is 25.4. The molecule has 0 amide bonds. The Morgan fingerprint density at radius 2 is 2.00 bits per heavy atom. The Morgan fingerprint density at radius 1 is 1.36 bits per heavy atom. The lowest BCUT2D eigenvalue weighted by atomic mass is 10.1. The third kappa shape index (κ3) is 2.00. The zero-order valence-corrected chi connectivity index (χ0v) is 7.37. The quantitative estimate of drug-likeness (QED) is 0.688. The molecule has 0 aliphatic heterocycles. The Bertz CT molecular complexity index is 331. The van der Waals surface area contributed by atoms with Crippen molar-refractivity contribution in [1.29, 1.82) is 0 Å². The van der Waals surface area contributed by atoms with Crippen LogP contribution in [0.1, 0.15) is 18.1 Å². The summed E-state index contributed by atoms with van der Waals surface area (Å²) in [6.45, 7) is 0.194. The van der Waals surface area contributed by atoms with E-state index < -0.39 is 23.5 Å². The summed E-state index contributed by atoms with van der Waals surface area (Å²) in [5.41, 5.74) is 5.13. The molecule has 4 N–H and O–H groups in total. The molecular formula is C9H11F2NO2. The van der Waals surface area contributed by atoms with Crippen LogP contribution < -0.4 is 5.73 Å². The highest BCUT2D eigenvalue weighted by Gasteiger charge is 2.17. The molecule has 1 atom stereocenters. The van der Waals surface area contributed by atoms with Gasteiger partial charge in [-0.2, -0.15) is 4.39 Å². The lowest BCUT2D eigenvalue weighted by Gasteiger charge is -2.11. The lowest BCUT2D eigenvalue weighted by Crippen LogP contribution is -2.07. The molecule has 3 nitrogen and oxygen atoms in total. The zero-order chi connectivity index (χ0) is 10.7. The van der Waals surface area contributed by atoms with Crippen LogP contribution >= 0.6 is 0 Å². The number of aliphatic hydroxyl groups excluding tert-OH is 1. The number of hydrogen-bond acceptors (Lipinski definition) is 3. The highest BCUT2D eigenvalue weighted by Crippen LogP contribution is 2.29. The predicted octanol–water partition coefficient (Wildman–Crippen LogP) is 1.05. The number of phenolic OH excluding ortho intramolecular Hbond substituents is 1. The smallest absolute Gasteiger partial charge is 0.200 e. The van der Waals surface area contributed by atoms with Crippen LogP contribution in [0.3, 0.4) is 0 Å². The maximum absolute atomic E-state index is 12.8. The normalized spacial score (nSPS) is 12.9. The minimum absolute atomic E-state index is 0.0469. The maximum Gasteiger partial charge on any atom is 0.200 e. The van der Waals surface area contributed by atoms with Gasteiger partial charge in [0.05, 0.1) is 6.10 Å². The van der Waals surface area contributed by atoms with Crippen LogP contribution in [-0.2, 0) is 0 Å². The van der Waals surface area contributed by atoms with Crippen LogP contribution in [0.2, 0.25) is 0 Å². The van der Waals surface area contributed by atoms with Gasteiger partial charge in [-0.05, 0) is 25.1 Å². The first kappa shape index (κ1) is 10.9. The molecule has 5 heteroatoms. The predicted molar refractivity (Wildman–Crippen MR) is 46.7 cm³/mol. The standard InChI is InChI=1S/C9H11F2NO2/c10-6-2-1-5(7(13)3-4-12)9(14)8(6)11/h1-2,7,13-14H,3-4,12H2. The summed E-state index contributed by atoms with van der Waals surface area (Å²) in [6.07, 6.45) is -0.895. The van der Waals surface area contributed by atoms with Crippen LogP contribution in [0, 0.1) is 11.6 Å². The minimum atomic E-state index is -1.35. The van der Waals surface area contributed by atoms with Crippen molar-refractivity contribution in [3.63, 3.8) is 0 Å². The van der Waals surface area contributed by atoms with Gasteiger partial charge in [-0.1, -0.05) is 0 Å². The third-order valence-corrected chi connectivity index (χ3v) is 1.90. The van der Waals surface area contributed by atoms with Crippen LogP contribution in [-0.4, -0.2) is 16.8 Å². The Balaban J connectivity index is 3.04. The summed E-state index contributed by atoms with van der Waals surface area (Å²) in [5, 5.41) is 18.5. The highest BCUT2D eigenvalue weighted by atomic mass is 19.2. The molecule has 1 unspecified atom stereocenters. The number of phenols is 1. The Labute approximate surface area is 79.8 Å². The topological polar surface area (TPSA) is 66.5 Å². The van der Waals surface area contributed by atoms with Gasteiger partial charge in [0.25, 0.3) is 0 Å². The van der Waals surface area contributed by atoms with E-state index in [4.69, 9.17) is 10.8 Å². The molecule has 0 aromatic heterocycles. The Kier molecular flexibility index (Phi) is 3.38. The number of aliphatic hydroxyl groups is 1. The SMILES string of the molecule is NCCC(O)c1ccc(F)c(F)c1O. The van der Waals surface area contributed by atoms with Gasteiger partial charge in [-0.25, -0.2) is 4.39 Å². The highest BCUT2D eigenvalue weighted by molar-refractivity contribution is 5.35. The van der Waals surface area contributed by atoms with E-state index in [9.17, 15) is 13.9 Å². The molecule has 0 aliphatic rings. The fourth-order valence-corrected chi connectivity index (χ4v) is 1.14. The first-order valence-corrected chi connectivity index (χ1v) is 4.13. The van der Waals surface area contributed by atoms with E-state index in [-0.39, 0.29) is 18.5 Å². The van der Waals surface area contributed by atoms with Gasteiger partial charge in [0.15, 0.2) is 11.6 Å². The van der Waals surface area contributed by atoms with E-state index in [1.807, 2.05) is 0 Å². The molecule has 1 aromatic carbocycles. The fraction of sp³-hybridized carbons (Fsp3) is 0.333. The summed E-state index contributed by atoms with van der Waals surface area (Å²) in [7, 11) is 0. The molecule has 1 rings (SSSR count). The van der Waals surface area contributed by atoms with Crippen molar-refractivity contribution in [3.05, 3.63) is 29.3 Å². The first-order valence-electron chi connectivity index (χ1n) is 4.13. The van der Waals surface area contributed by atoms with E-state index in [1.165, 1.54) is 0 Å². The van der Waals surface area contributed by atoms with Crippen LogP contribution in [0.25, 0.3) is 0 Å². The van der Waals surface area contributed by atoms with Crippen molar-refractivity contribution in [1.82, 2.24) is 0 Å². The molecule has 14 heavy (non-hydrogen) atoms. The van der Waals surface area contributed by atoms with Gasteiger partial charge in [0.1, 0.15) is 0 Å². The number of rotatable bonds is 3. The average Bonchev–Trinajstić information content (AvgIpc) is 2.15. The number of nitrogens with two attached hydrogens (primary N) is 1. The molecule has 0 spiro atoms. The summed E-state index contributed by atoms with van der Waals surface area (Å²) in [5.74, 6) is -3.35. The maximum atomic E-state index is 12.8. The molecule has 0 bridgehead atoms. The van der Waals surface area contributed by atoms with Crippen molar-refractivity contribution in [3.8, 4) is 5.75 Å². The van der Waals surface area contributed by atoms with E-state index in [0.717, 1.165) is 12.1 Å². The average molecular weight is 203 g/mol. The van der Waals surface area contributed by atoms with E-state index >= 15 is 0 Å². The molecule has 78 valence electrons. The second-order valence-electron chi connectivity index (χ2n) is 2.89. The molecule has 0 saturated carbocycles. The van der Waals surface area contributed by atoms with Crippen molar-refractivity contribution in [2.45, 2.75) is 12.5 Å². The van der Waals surface area contributed by atoms with Crippen LogP contribution in [0.15, 0.2) is 12.1 Å². The van der Waals surface area contributed by atoms with Gasteiger partial charge in [0, 0.05) is 5.56 Å². The molecule has 0 fully saturated rings. The number of aromatic hydroxyl groups is 1. The van der Waals surface area contributed by atoms with Gasteiger partial charge < -0.3 is 15.9 Å². The van der Waals surface area contributed by atoms with E-state index in [0.29, 0.717) is 0 Å². The van der Waals surface area contributed by atoms with Gasteiger partial charge in [-0.15, -0.1) is 0 Å². The second kappa shape index (κ2) is 4.34. The zero-order valence-electron chi connectivity index (χ0n) is 7.37. The molecule has 1 aromatic rings. The number of benzene rings is 1. The van der Waals surface area contributed by atoms with Gasteiger partial charge in [0.2, 0.25) is 5.82 Å². The summed E-state index contributed by atoms with van der Waals surface area (Å²) >= 11 is 0. The fourth-order valence-electron chi connectivity index (χ4n) is 1.14. The Morgan fingerprint density at radius 3 is 2.57 bits per heavy atom. The number of halogens is 2. The van der Waals surface area contributed by atoms with Crippen molar-refractivity contribution < 1.29 is 19.0 Å².